The predicted octanol–water partition coefficient (Wildman–Crippen LogP) is 3.13. The van der Waals surface area contributed by atoms with E-state index in [1.54, 1.807) is 42.5 Å². The highest BCUT2D eigenvalue weighted by molar-refractivity contribution is 6.05. The summed E-state index contributed by atoms with van der Waals surface area (Å²) in [6.07, 6.45) is 0. The summed E-state index contributed by atoms with van der Waals surface area (Å²) in [5.74, 6) is 0.516. The number of methoxy groups -OCH3 is 3. The van der Waals surface area contributed by atoms with Crippen molar-refractivity contribution in [3.63, 3.8) is 0 Å². The Kier molecular flexibility index (Phi) is 5.62. The molecule has 0 aliphatic rings. The zero-order chi connectivity index (χ0) is 17.5. The van der Waals surface area contributed by atoms with Crippen molar-refractivity contribution in [1.29, 1.82) is 0 Å². The number of esters is 1. The van der Waals surface area contributed by atoms with Crippen molar-refractivity contribution in [2.45, 2.75) is 0 Å². The lowest BCUT2D eigenvalue weighted by Gasteiger charge is -2.12. The third kappa shape index (κ3) is 3.95. The Labute approximate surface area is 139 Å². The molecule has 0 unspecified atom stereocenters. The number of para-hydroxylation sites is 1. The van der Waals surface area contributed by atoms with Gasteiger partial charge >= 0.3 is 12.0 Å². The highest BCUT2D eigenvalue weighted by atomic mass is 16.5. The molecule has 0 bridgehead atoms. The molecule has 0 aliphatic heterocycles. The number of rotatable bonds is 5. The van der Waals surface area contributed by atoms with Crippen LogP contribution in [0, 0.1) is 0 Å². The lowest BCUT2D eigenvalue weighted by atomic mass is 10.2. The first kappa shape index (κ1) is 17.1. The lowest BCUT2D eigenvalue weighted by Crippen LogP contribution is -2.21. The second-order valence-electron chi connectivity index (χ2n) is 4.69. The monoisotopic (exact) mass is 330 g/mol. The number of urea groups is 1. The molecule has 24 heavy (non-hydrogen) atoms. The van der Waals surface area contributed by atoms with Gasteiger partial charge in [0.15, 0.2) is 11.5 Å². The fourth-order valence-electron chi connectivity index (χ4n) is 2.08. The third-order valence-corrected chi connectivity index (χ3v) is 3.22. The van der Waals surface area contributed by atoms with Crippen LogP contribution in [0.4, 0.5) is 16.2 Å². The molecule has 0 fully saturated rings. The SMILES string of the molecule is COC(=O)c1ccccc1NC(=O)Nc1ccc(OC)c(OC)c1. The topological polar surface area (TPSA) is 85.9 Å². The molecule has 2 N–H and O–H groups in total. The molecule has 7 nitrogen and oxygen atoms in total. The molecule has 7 heteroatoms. The number of nitrogens with one attached hydrogen (secondary N) is 2. The zero-order valence-electron chi connectivity index (χ0n) is 13.6. The highest BCUT2D eigenvalue weighted by Crippen LogP contribution is 2.29. The van der Waals surface area contributed by atoms with E-state index in [0.717, 1.165) is 0 Å². The average molecular weight is 330 g/mol. The highest BCUT2D eigenvalue weighted by Gasteiger charge is 2.13. The van der Waals surface area contributed by atoms with E-state index in [1.807, 2.05) is 0 Å². The Morgan fingerprint density at radius 3 is 2.25 bits per heavy atom. The molecule has 0 atom stereocenters. The van der Waals surface area contributed by atoms with Gasteiger partial charge in [-0.2, -0.15) is 0 Å². The molecule has 2 amide bonds. The molecule has 0 heterocycles. The van der Waals surface area contributed by atoms with Gasteiger partial charge in [-0.15, -0.1) is 0 Å². The number of benzene rings is 2. The Morgan fingerprint density at radius 2 is 1.58 bits per heavy atom. The van der Waals surface area contributed by atoms with E-state index >= 15 is 0 Å². The van der Waals surface area contributed by atoms with Gasteiger partial charge in [0, 0.05) is 11.8 Å². The summed E-state index contributed by atoms with van der Waals surface area (Å²) < 4.78 is 15.0. The third-order valence-electron chi connectivity index (χ3n) is 3.22. The Balaban J connectivity index is 2.13. The van der Waals surface area contributed by atoms with Gasteiger partial charge in [0.1, 0.15) is 0 Å². The summed E-state index contributed by atoms with van der Waals surface area (Å²) >= 11 is 0. The Morgan fingerprint density at radius 1 is 0.875 bits per heavy atom. The van der Waals surface area contributed by atoms with E-state index in [1.165, 1.54) is 21.3 Å². The Hall–Kier alpha value is -3.22. The summed E-state index contributed by atoms with van der Waals surface area (Å²) in [5.41, 5.74) is 1.13. The molecular formula is C17H18N2O5. The van der Waals surface area contributed by atoms with Gasteiger partial charge in [-0.1, -0.05) is 12.1 Å². The van der Waals surface area contributed by atoms with Gasteiger partial charge in [-0.3, -0.25) is 0 Å². The number of carbonyl (C=O) groups is 2. The van der Waals surface area contributed by atoms with E-state index in [4.69, 9.17) is 14.2 Å². The fraction of sp³-hybridized carbons (Fsp3) is 0.176. The minimum atomic E-state index is -0.531. The van der Waals surface area contributed by atoms with Gasteiger partial charge < -0.3 is 24.8 Å². The molecule has 126 valence electrons. The first-order valence-electron chi connectivity index (χ1n) is 7.06. The average Bonchev–Trinajstić information content (AvgIpc) is 2.61. The van der Waals surface area contributed by atoms with Crippen molar-refractivity contribution in [3.8, 4) is 11.5 Å². The van der Waals surface area contributed by atoms with E-state index < -0.39 is 12.0 Å². The molecule has 2 aromatic rings. The quantitative estimate of drug-likeness (QED) is 0.823. The zero-order valence-corrected chi connectivity index (χ0v) is 13.6. The molecule has 0 saturated carbocycles. The second kappa shape index (κ2) is 7.87. The van der Waals surface area contributed by atoms with Crippen LogP contribution in [0.15, 0.2) is 42.5 Å². The summed E-state index contributed by atoms with van der Waals surface area (Å²) in [7, 11) is 4.32. The van der Waals surface area contributed by atoms with Crippen LogP contribution in [0.25, 0.3) is 0 Å². The normalized spacial score (nSPS) is 9.79. The van der Waals surface area contributed by atoms with Crippen molar-refractivity contribution in [3.05, 3.63) is 48.0 Å². The number of ether oxygens (including phenoxy) is 3. The summed E-state index contributed by atoms with van der Waals surface area (Å²) in [6, 6.07) is 11.0. The molecule has 2 aromatic carbocycles. The number of anilines is 2. The first-order chi connectivity index (χ1) is 11.6. The predicted molar refractivity (Wildman–Crippen MR) is 90.0 cm³/mol. The molecule has 2 rings (SSSR count). The molecule has 0 aromatic heterocycles. The minimum Gasteiger partial charge on any atom is -0.493 e. The minimum absolute atomic E-state index is 0.266. The van der Waals surface area contributed by atoms with Crippen molar-refractivity contribution < 1.29 is 23.8 Å². The van der Waals surface area contributed by atoms with Crippen LogP contribution in [-0.2, 0) is 4.74 Å². The molecule has 0 aliphatic carbocycles. The van der Waals surface area contributed by atoms with Crippen LogP contribution in [0.1, 0.15) is 10.4 Å². The van der Waals surface area contributed by atoms with Gasteiger partial charge in [-0.25, -0.2) is 9.59 Å². The van der Waals surface area contributed by atoms with E-state index in [0.29, 0.717) is 22.9 Å². The number of hydrogen-bond donors (Lipinski definition) is 2. The van der Waals surface area contributed by atoms with Gasteiger partial charge in [0.25, 0.3) is 0 Å². The van der Waals surface area contributed by atoms with E-state index in [2.05, 4.69) is 10.6 Å². The van der Waals surface area contributed by atoms with Gasteiger partial charge in [0.05, 0.1) is 32.6 Å². The molecule has 0 saturated heterocycles. The Bertz CT molecular complexity index is 746. The number of hydrogen-bond acceptors (Lipinski definition) is 5. The number of carbonyl (C=O) groups excluding carboxylic acids is 2. The van der Waals surface area contributed by atoms with Crippen LogP contribution in [0.2, 0.25) is 0 Å². The lowest BCUT2D eigenvalue weighted by molar-refractivity contribution is 0.0602. The van der Waals surface area contributed by atoms with Crippen molar-refractivity contribution >= 4 is 23.4 Å². The van der Waals surface area contributed by atoms with Crippen LogP contribution in [0.5, 0.6) is 11.5 Å². The van der Waals surface area contributed by atoms with Crippen LogP contribution >= 0.6 is 0 Å². The fourth-order valence-corrected chi connectivity index (χ4v) is 2.08. The van der Waals surface area contributed by atoms with Crippen LogP contribution < -0.4 is 20.1 Å². The van der Waals surface area contributed by atoms with E-state index in [9.17, 15) is 9.59 Å². The van der Waals surface area contributed by atoms with Crippen molar-refractivity contribution in [1.82, 2.24) is 0 Å². The van der Waals surface area contributed by atoms with Gasteiger partial charge in [-0.05, 0) is 24.3 Å². The second-order valence-corrected chi connectivity index (χ2v) is 4.69. The summed E-state index contributed by atoms with van der Waals surface area (Å²) in [4.78, 5) is 23.9. The standard InChI is InChI=1S/C17H18N2O5/c1-22-14-9-8-11(10-15(14)23-2)18-17(21)19-13-7-5-4-6-12(13)16(20)24-3/h4-10H,1-3H3,(H2,18,19,21). The van der Waals surface area contributed by atoms with Gasteiger partial charge in [0.2, 0.25) is 0 Å². The summed E-state index contributed by atoms with van der Waals surface area (Å²) in [5, 5.41) is 5.28. The van der Waals surface area contributed by atoms with Crippen LogP contribution in [0.3, 0.4) is 0 Å². The molecule has 0 spiro atoms. The van der Waals surface area contributed by atoms with Crippen LogP contribution in [-0.4, -0.2) is 33.3 Å². The first-order valence-corrected chi connectivity index (χ1v) is 7.06. The number of amides is 2. The smallest absolute Gasteiger partial charge is 0.339 e. The largest absolute Gasteiger partial charge is 0.493 e. The molecular weight excluding hydrogens is 312 g/mol. The maximum Gasteiger partial charge on any atom is 0.339 e. The maximum absolute atomic E-state index is 12.2. The van der Waals surface area contributed by atoms with E-state index in [-0.39, 0.29) is 5.56 Å². The van der Waals surface area contributed by atoms with Crippen molar-refractivity contribution in [2.24, 2.45) is 0 Å². The summed E-state index contributed by atoms with van der Waals surface area (Å²) in [6.45, 7) is 0. The van der Waals surface area contributed by atoms with Crippen molar-refractivity contribution in [2.75, 3.05) is 32.0 Å². The molecule has 0 radical (unpaired) electrons. The maximum atomic E-state index is 12.2.